The Balaban J connectivity index is 2.59. The summed E-state index contributed by atoms with van der Waals surface area (Å²) in [7, 11) is 0. The summed E-state index contributed by atoms with van der Waals surface area (Å²) in [6, 6.07) is 14.3. The standard InChI is InChI=1S/C14H12N2/c1-9-8-13(15)12-7-6-10-4-2-3-5-11(10)14(12)16-9/h2-8H,1H3,(H2,15,16). The predicted octanol–water partition coefficient (Wildman–Crippen LogP) is 3.28. The van der Waals surface area contributed by atoms with Crippen LogP contribution in [0.4, 0.5) is 5.69 Å². The number of aryl methyl sites for hydroxylation is 1. The summed E-state index contributed by atoms with van der Waals surface area (Å²) in [5.41, 5.74) is 8.76. The number of nitrogens with two attached hydrogens (primary N) is 1. The Kier molecular flexibility index (Phi) is 1.83. The Hall–Kier alpha value is -2.09. The molecule has 0 fully saturated rings. The fourth-order valence-electron chi connectivity index (χ4n) is 2.12. The number of hydrogen-bond acceptors (Lipinski definition) is 2. The second-order valence-electron chi connectivity index (χ2n) is 4.04. The molecule has 78 valence electrons. The lowest BCUT2D eigenvalue weighted by Crippen LogP contribution is -1.92. The summed E-state index contributed by atoms with van der Waals surface area (Å²) in [6.45, 7) is 1.97. The van der Waals surface area contributed by atoms with Gasteiger partial charge in [0, 0.05) is 22.2 Å². The van der Waals surface area contributed by atoms with Crippen molar-refractivity contribution < 1.29 is 0 Å². The third kappa shape index (κ3) is 1.23. The van der Waals surface area contributed by atoms with E-state index in [4.69, 9.17) is 5.73 Å². The number of benzene rings is 2. The minimum absolute atomic E-state index is 0.799. The van der Waals surface area contributed by atoms with E-state index in [2.05, 4.69) is 23.2 Å². The number of aromatic nitrogens is 1. The molecule has 0 saturated heterocycles. The zero-order chi connectivity index (χ0) is 11.1. The molecule has 0 spiro atoms. The molecule has 0 aliphatic heterocycles. The van der Waals surface area contributed by atoms with E-state index in [0.717, 1.165) is 27.7 Å². The van der Waals surface area contributed by atoms with E-state index >= 15 is 0 Å². The molecule has 1 aromatic heterocycles. The fourth-order valence-corrected chi connectivity index (χ4v) is 2.12. The topological polar surface area (TPSA) is 38.9 Å². The van der Waals surface area contributed by atoms with Gasteiger partial charge in [-0.15, -0.1) is 0 Å². The molecule has 2 heteroatoms. The minimum atomic E-state index is 0.799. The number of nitrogens with zero attached hydrogens (tertiary/aromatic N) is 1. The van der Waals surface area contributed by atoms with Crippen molar-refractivity contribution in [2.45, 2.75) is 6.92 Å². The molecule has 0 unspecified atom stereocenters. The van der Waals surface area contributed by atoms with Crippen LogP contribution >= 0.6 is 0 Å². The van der Waals surface area contributed by atoms with Gasteiger partial charge in [0.25, 0.3) is 0 Å². The molecule has 16 heavy (non-hydrogen) atoms. The van der Waals surface area contributed by atoms with E-state index in [1.54, 1.807) is 0 Å². The summed E-state index contributed by atoms with van der Waals surface area (Å²) >= 11 is 0. The highest BCUT2D eigenvalue weighted by molar-refractivity contribution is 6.08. The van der Waals surface area contributed by atoms with Gasteiger partial charge in [-0.3, -0.25) is 4.98 Å². The predicted molar refractivity (Wildman–Crippen MR) is 68.4 cm³/mol. The van der Waals surface area contributed by atoms with Crippen LogP contribution in [0.5, 0.6) is 0 Å². The van der Waals surface area contributed by atoms with Crippen molar-refractivity contribution in [1.82, 2.24) is 4.98 Å². The Morgan fingerprint density at radius 2 is 1.81 bits per heavy atom. The molecule has 3 aromatic rings. The monoisotopic (exact) mass is 208 g/mol. The molecule has 0 aliphatic carbocycles. The van der Waals surface area contributed by atoms with E-state index in [1.807, 2.05) is 31.2 Å². The van der Waals surface area contributed by atoms with Gasteiger partial charge in [-0.05, 0) is 18.4 Å². The number of anilines is 1. The average Bonchev–Trinajstić information content (AvgIpc) is 2.28. The van der Waals surface area contributed by atoms with Gasteiger partial charge >= 0.3 is 0 Å². The largest absolute Gasteiger partial charge is 0.398 e. The summed E-state index contributed by atoms with van der Waals surface area (Å²) < 4.78 is 0. The van der Waals surface area contributed by atoms with Crippen molar-refractivity contribution >= 4 is 27.4 Å². The molecule has 3 rings (SSSR count). The SMILES string of the molecule is Cc1cc(N)c2ccc3ccccc3c2n1. The number of fused-ring (bicyclic) bond motifs is 3. The Morgan fingerprint density at radius 1 is 1.00 bits per heavy atom. The van der Waals surface area contributed by atoms with Gasteiger partial charge in [-0.25, -0.2) is 0 Å². The van der Waals surface area contributed by atoms with Crippen LogP contribution in [0.2, 0.25) is 0 Å². The first-order valence-electron chi connectivity index (χ1n) is 5.30. The Morgan fingerprint density at radius 3 is 2.69 bits per heavy atom. The second-order valence-corrected chi connectivity index (χ2v) is 4.04. The number of pyridine rings is 1. The maximum absolute atomic E-state index is 6.01. The number of nitrogen functional groups attached to an aromatic ring is 1. The molecule has 2 aromatic carbocycles. The summed E-state index contributed by atoms with van der Waals surface area (Å²) in [5, 5.41) is 3.40. The van der Waals surface area contributed by atoms with Crippen LogP contribution in [0, 0.1) is 6.92 Å². The third-order valence-corrected chi connectivity index (χ3v) is 2.86. The highest BCUT2D eigenvalue weighted by Crippen LogP contribution is 2.27. The molecule has 0 bridgehead atoms. The van der Waals surface area contributed by atoms with E-state index in [0.29, 0.717) is 0 Å². The quantitative estimate of drug-likeness (QED) is 0.576. The van der Waals surface area contributed by atoms with Crippen LogP contribution < -0.4 is 5.73 Å². The van der Waals surface area contributed by atoms with E-state index in [1.165, 1.54) is 5.39 Å². The lowest BCUT2D eigenvalue weighted by atomic mass is 10.0. The average molecular weight is 208 g/mol. The van der Waals surface area contributed by atoms with Crippen molar-refractivity contribution in [2.75, 3.05) is 5.73 Å². The molecule has 0 aliphatic rings. The molecule has 0 atom stereocenters. The minimum Gasteiger partial charge on any atom is -0.398 e. The summed E-state index contributed by atoms with van der Waals surface area (Å²) in [6.07, 6.45) is 0. The Labute approximate surface area is 93.7 Å². The van der Waals surface area contributed by atoms with Gasteiger partial charge in [0.2, 0.25) is 0 Å². The molecular weight excluding hydrogens is 196 g/mol. The fraction of sp³-hybridized carbons (Fsp3) is 0.0714. The molecule has 0 saturated carbocycles. The van der Waals surface area contributed by atoms with Gasteiger partial charge in [0.05, 0.1) is 5.52 Å². The molecule has 2 nitrogen and oxygen atoms in total. The second kappa shape index (κ2) is 3.20. The van der Waals surface area contributed by atoms with E-state index < -0.39 is 0 Å². The van der Waals surface area contributed by atoms with E-state index in [9.17, 15) is 0 Å². The van der Waals surface area contributed by atoms with Crippen molar-refractivity contribution in [3.63, 3.8) is 0 Å². The maximum atomic E-state index is 6.01. The normalized spacial score (nSPS) is 11.1. The van der Waals surface area contributed by atoms with Gasteiger partial charge in [-0.1, -0.05) is 36.4 Å². The molecule has 2 N–H and O–H groups in total. The van der Waals surface area contributed by atoms with Crippen molar-refractivity contribution in [1.29, 1.82) is 0 Å². The van der Waals surface area contributed by atoms with Crippen LogP contribution in [0.1, 0.15) is 5.69 Å². The van der Waals surface area contributed by atoms with Crippen LogP contribution in [-0.4, -0.2) is 4.98 Å². The summed E-state index contributed by atoms with van der Waals surface area (Å²) in [5.74, 6) is 0. The first-order valence-corrected chi connectivity index (χ1v) is 5.30. The van der Waals surface area contributed by atoms with Gasteiger partial charge in [-0.2, -0.15) is 0 Å². The highest BCUT2D eigenvalue weighted by Gasteiger charge is 2.04. The van der Waals surface area contributed by atoms with Crippen LogP contribution in [0.3, 0.4) is 0 Å². The van der Waals surface area contributed by atoms with Crippen LogP contribution in [0.15, 0.2) is 42.5 Å². The smallest absolute Gasteiger partial charge is 0.0804 e. The first-order chi connectivity index (χ1) is 7.75. The van der Waals surface area contributed by atoms with Crippen molar-refractivity contribution in [3.8, 4) is 0 Å². The molecule has 1 heterocycles. The third-order valence-electron chi connectivity index (χ3n) is 2.86. The van der Waals surface area contributed by atoms with Gasteiger partial charge < -0.3 is 5.73 Å². The lowest BCUT2D eigenvalue weighted by molar-refractivity contribution is 1.26. The van der Waals surface area contributed by atoms with E-state index in [-0.39, 0.29) is 0 Å². The number of rotatable bonds is 0. The zero-order valence-electron chi connectivity index (χ0n) is 9.07. The van der Waals surface area contributed by atoms with Crippen molar-refractivity contribution in [3.05, 3.63) is 48.2 Å². The number of hydrogen-bond donors (Lipinski definition) is 1. The zero-order valence-corrected chi connectivity index (χ0v) is 9.07. The summed E-state index contributed by atoms with van der Waals surface area (Å²) in [4.78, 5) is 4.58. The molecule has 0 amide bonds. The van der Waals surface area contributed by atoms with Crippen molar-refractivity contribution in [2.24, 2.45) is 0 Å². The molecule has 0 radical (unpaired) electrons. The van der Waals surface area contributed by atoms with Crippen LogP contribution in [0.25, 0.3) is 21.7 Å². The Bertz CT molecular complexity index is 687. The molecular formula is C14H12N2. The first kappa shape index (κ1) is 9.16. The van der Waals surface area contributed by atoms with Gasteiger partial charge in [0.1, 0.15) is 0 Å². The highest BCUT2D eigenvalue weighted by atomic mass is 14.7. The lowest BCUT2D eigenvalue weighted by Gasteiger charge is -2.06. The van der Waals surface area contributed by atoms with Crippen LogP contribution in [-0.2, 0) is 0 Å². The maximum Gasteiger partial charge on any atom is 0.0804 e. The van der Waals surface area contributed by atoms with Gasteiger partial charge in [0.15, 0.2) is 0 Å².